The number of likely N-dealkylation sites (tertiary alicyclic amines) is 2. The summed E-state index contributed by atoms with van der Waals surface area (Å²) in [4.78, 5) is 17.2. The number of amides is 1. The Morgan fingerprint density at radius 2 is 2.06 bits per heavy atom. The molecule has 3 aliphatic heterocycles. The van der Waals surface area contributed by atoms with Crippen LogP contribution in [0.1, 0.15) is 50.2 Å². The molecule has 34 heavy (non-hydrogen) atoms. The van der Waals surface area contributed by atoms with E-state index >= 15 is 0 Å². The molecule has 3 N–H and O–H groups in total. The zero-order valence-electron chi connectivity index (χ0n) is 20.7. The van der Waals surface area contributed by atoms with Gasteiger partial charge in [-0.1, -0.05) is 6.07 Å². The summed E-state index contributed by atoms with van der Waals surface area (Å²) >= 11 is 0. The molecule has 2 bridgehead atoms. The molecule has 2 saturated heterocycles. The second-order valence-electron chi connectivity index (χ2n) is 10.2. The van der Waals surface area contributed by atoms with Gasteiger partial charge < -0.3 is 34.9 Å². The summed E-state index contributed by atoms with van der Waals surface area (Å²) in [6, 6.07) is 4.22. The highest BCUT2D eigenvalue weighted by molar-refractivity contribution is 5.71. The average Bonchev–Trinajstić information content (AvgIpc) is 3.20. The normalized spacial score (nSPS) is 35.3. The Kier molecular flexibility index (Phi) is 5.81. The quantitative estimate of drug-likeness (QED) is 0.684. The highest BCUT2D eigenvalue weighted by atomic mass is 16.6. The zero-order valence-corrected chi connectivity index (χ0v) is 20.7. The van der Waals surface area contributed by atoms with E-state index in [4.69, 9.17) is 14.2 Å². The number of benzene rings is 1. The third kappa shape index (κ3) is 2.98. The number of aliphatic hydroxyl groups is 1. The predicted octanol–water partition coefficient (Wildman–Crippen LogP) is 2.56. The van der Waals surface area contributed by atoms with Crippen LogP contribution in [-0.2, 0) is 16.6 Å². The number of likely N-dealkylation sites (N-methyl/N-ethyl adjacent to an activating group) is 1. The van der Waals surface area contributed by atoms with Gasteiger partial charge in [0.2, 0.25) is 0 Å². The molecule has 1 aromatic carbocycles. The van der Waals surface area contributed by atoms with E-state index < -0.39 is 17.1 Å². The topological polar surface area (TPSA) is 97.5 Å². The first kappa shape index (κ1) is 23.5. The molecule has 5 atom stereocenters. The summed E-state index contributed by atoms with van der Waals surface area (Å²) in [5.41, 5.74) is 5.13. The molecule has 6 rings (SSSR count). The number of ether oxygens (including phenoxy) is 3. The molecule has 0 radical (unpaired) electrons. The van der Waals surface area contributed by atoms with Crippen molar-refractivity contribution in [2.75, 3.05) is 34.3 Å². The molecule has 1 aromatic rings. The summed E-state index contributed by atoms with van der Waals surface area (Å²) in [6.45, 7) is 3.65. The first-order valence-electron chi connectivity index (χ1n) is 12.5. The fourth-order valence-electron chi connectivity index (χ4n) is 7.12. The van der Waals surface area contributed by atoms with Crippen molar-refractivity contribution in [3.05, 3.63) is 35.1 Å². The summed E-state index contributed by atoms with van der Waals surface area (Å²) < 4.78 is 18.2. The van der Waals surface area contributed by atoms with E-state index in [0.717, 1.165) is 50.8 Å². The van der Waals surface area contributed by atoms with Crippen molar-refractivity contribution in [2.24, 2.45) is 5.73 Å². The second-order valence-corrected chi connectivity index (χ2v) is 10.2. The standard InChI is InChI=1S/C25H32N2O5.CH5N/c1-15-6-4-5-12-27(15)23(28)31-18-9-10-25(29)19-14-16-7-8-17(30-3)21-20(16)24(25,22(18)32-21)11-13-26(19)2;1-2/h7-9,15,19,22,29H,4-6,10-14H2,1-3H3;2H2,1H3/t15-,19+,22-,24-,25+;/m0./s1. The molecular weight excluding hydrogens is 434 g/mol. The third-order valence-corrected chi connectivity index (χ3v) is 8.80. The lowest BCUT2D eigenvalue weighted by Crippen LogP contribution is -2.74. The number of hydrogen-bond acceptors (Lipinski definition) is 7. The molecule has 0 aromatic heterocycles. The van der Waals surface area contributed by atoms with E-state index in [9.17, 15) is 9.90 Å². The van der Waals surface area contributed by atoms with Gasteiger partial charge in [0, 0.05) is 30.6 Å². The number of nitrogens with two attached hydrogens (primary N) is 1. The number of piperidine rings is 2. The Bertz CT molecular complexity index is 1010. The van der Waals surface area contributed by atoms with Crippen LogP contribution in [0.15, 0.2) is 24.0 Å². The minimum Gasteiger partial charge on any atom is -0.493 e. The van der Waals surface area contributed by atoms with Gasteiger partial charge in [-0.3, -0.25) is 0 Å². The molecule has 3 heterocycles. The molecule has 0 unspecified atom stereocenters. The largest absolute Gasteiger partial charge is 0.493 e. The molecule has 2 aliphatic carbocycles. The second kappa shape index (κ2) is 8.43. The van der Waals surface area contributed by atoms with Crippen LogP contribution in [0.25, 0.3) is 0 Å². The number of carbonyl (C=O) groups is 1. The number of nitrogens with zero attached hydrogens (tertiary/aromatic N) is 2. The van der Waals surface area contributed by atoms with Crippen LogP contribution in [0, 0.1) is 0 Å². The summed E-state index contributed by atoms with van der Waals surface area (Å²) in [5.74, 6) is 1.90. The Morgan fingerprint density at radius 3 is 2.79 bits per heavy atom. The highest BCUT2D eigenvalue weighted by Crippen LogP contribution is 2.65. The Balaban J connectivity index is 0.00000117. The van der Waals surface area contributed by atoms with E-state index in [0.29, 0.717) is 23.7 Å². The molecule has 186 valence electrons. The van der Waals surface area contributed by atoms with Gasteiger partial charge in [-0.05, 0) is 77.4 Å². The van der Waals surface area contributed by atoms with Gasteiger partial charge in [0.15, 0.2) is 17.6 Å². The fourth-order valence-corrected chi connectivity index (χ4v) is 7.12. The van der Waals surface area contributed by atoms with Crippen LogP contribution >= 0.6 is 0 Å². The lowest BCUT2D eigenvalue weighted by Gasteiger charge is -2.61. The third-order valence-electron chi connectivity index (χ3n) is 8.80. The summed E-state index contributed by atoms with van der Waals surface area (Å²) in [6.07, 6.45) is 6.14. The maximum absolute atomic E-state index is 13.1. The molecular formula is C26H37N3O5. The maximum atomic E-state index is 13.1. The van der Waals surface area contributed by atoms with Crippen LogP contribution in [0.5, 0.6) is 11.5 Å². The Labute approximate surface area is 201 Å². The average molecular weight is 472 g/mol. The smallest absolute Gasteiger partial charge is 0.415 e. The maximum Gasteiger partial charge on any atom is 0.415 e. The van der Waals surface area contributed by atoms with Gasteiger partial charge in [-0.2, -0.15) is 0 Å². The van der Waals surface area contributed by atoms with E-state index in [1.165, 1.54) is 12.6 Å². The SMILES string of the molecule is CN.COc1ccc2c3c1O[C@H]1C(OC(=O)N4CCCC[C@@H]4C)=CC[C@@]4(O)[C@@H](C2)N(C)CC[C@]314. The van der Waals surface area contributed by atoms with Crippen molar-refractivity contribution in [1.29, 1.82) is 0 Å². The summed E-state index contributed by atoms with van der Waals surface area (Å²) in [5, 5.41) is 12.2. The number of carbonyl (C=O) groups excluding carboxylic acids is 1. The number of methoxy groups -OCH3 is 1. The molecule has 8 heteroatoms. The molecule has 5 aliphatic rings. The van der Waals surface area contributed by atoms with Crippen molar-refractivity contribution >= 4 is 6.09 Å². The van der Waals surface area contributed by atoms with E-state index in [1.807, 2.05) is 17.0 Å². The minimum atomic E-state index is -0.983. The molecule has 1 spiro atoms. The fraction of sp³-hybridized carbons (Fsp3) is 0.654. The lowest BCUT2D eigenvalue weighted by molar-refractivity contribution is -0.163. The van der Waals surface area contributed by atoms with E-state index in [2.05, 4.69) is 30.7 Å². The first-order valence-corrected chi connectivity index (χ1v) is 12.5. The Morgan fingerprint density at radius 1 is 1.26 bits per heavy atom. The van der Waals surface area contributed by atoms with Crippen molar-refractivity contribution < 1.29 is 24.1 Å². The molecule has 8 nitrogen and oxygen atoms in total. The van der Waals surface area contributed by atoms with Crippen LogP contribution < -0.4 is 15.2 Å². The predicted molar refractivity (Wildman–Crippen MR) is 128 cm³/mol. The van der Waals surface area contributed by atoms with Gasteiger partial charge >= 0.3 is 6.09 Å². The first-order chi connectivity index (χ1) is 16.4. The van der Waals surface area contributed by atoms with Crippen LogP contribution in [-0.4, -0.2) is 79.1 Å². The van der Waals surface area contributed by atoms with Crippen LogP contribution in [0.4, 0.5) is 4.79 Å². The highest BCUT2D eigenvalue weighted by Gasteiger charge is 2.72. The van der Waals surface area contributed by atoms with Crippen molar-refractivity contribution in [2.45, 2.75) is 74.7 Å². The van der Waals surface area contributed by atoms with Crippen molar-refractivity contribution in [1.82, 2.24) is 9.80 Å². The zero-order chi connectivity index (χ0) is 24.3. The number of rotatable bonds is 2. The lowest BCUT2D eigenvalue weighted by atomic mass is 9.50. The van der Waals surface area contributed by atoms with Crippen molar-refractivity contribution in [3.8, 4) is 11.5 Å². The van der Waals surface area contributed by atoms with E-state index in [1.54, 1.807) is 7.11 Å². The van der Waals surface area contributed by atoms with E-state index in [-0.39, 0.29) is 18.2 Å². The minimum absolute atomic E-state index is 0.00943. The van der Waals surface area contributed by atoms with Crippen LogP contribution in [0.3, 0.4) is 0 Å². The van der Waals surface area contributed by atoms with Gasteiger partial charge in [0.25, 0.3) is 0 Å². The molecule has 1 amide bonds. The van der Waals surface area contributed by atoms with Crippen LogP contribution in [0.2, 0.25) is 0 Å². The molecule has 2 fully saturated rings. The Hall–Kier alpha value is -2.29. The monoisotopic (exact) mass is 471 g/mol. The molecule has 0 saturated carbocycles. The van der Waals surface area contributed by atoms with Gasteiger partial charge in [-0.25, -0.2) is 4.79 Å². The number of hydrogen-bond donors (Lipinski definition) is 2. The van der Waals surface area contributed by atoms with Gasteiger partial charge in [-0.15, -0.1) is 0 Å². The van der Waals surface area contributed by atoms with Crippen molar-refractivity contribution in [3.63, 3.8) is 0 Å². The van der Waals surface area contributed by atoms with Gasteiger partial charge in [0.1, 0.15) is 5.76 Å². The van der Waals surface area contributed by atoms with Gasteiger partial charge in [0.05, 0.1) is 18.1 Å². The summed E-state index contributed by atoms with van der Waals surface area (Å²) in [7, 11) is 5.23.